The van der Waals surface area contributed by atoms with Crippen LogP contribution in [0.3, 0.4) is 0 Å². The number of benzene rings is 2. The van der Waals surface area contributed by atoms with E-state index in [-0.39, 0.29) is 12.0 Å². The van der Waals surface area contributed by atoms with Crippen LogP contribution in [0.5, 0.6) is 0 Å². The Hall–Kier alpha value is -3.69. The normalized spacial score (nSPS) is 11.7. The first-order valence-corrected chi connectivity index (χ1v) is 9.27. The minimum Gasteiger partial charge on any atom is -0.357 e. The highest BCUT2D eigenvalue weighted by atomic mass is 19.2. The minimum absolute atomic E-state index is 0.0827. The van der Waals surface area contributed by atoms with E-state index in [1.165, 1.54) is 17.9 Å². The zero-order valence-corrected chi connectivity index (χ0v) is 16.2. The third-order valence-electron chi connectivity index (χ3n) is 4.34. The maximum absolute atomic E-state index is 13.5. The van der Waals surface area contributed by atoms with Crippen molar-refractivity contribution >= 4 is 11.8 Å². The lowest BCUT2D eigenvalue weighted by atomic mass is 10.1. The van der Waals surface area contributed by atoms with E-state index in [4.69, 9.17) is 0 Å². The zero-order valence-electron chi connectivity index (χ0n) is 16.2. The summed E-state index contributed by atoms with van der Waals surface area (Å²) in [5.74, 6) is -2.60. The molecule has 1 unspecified atom stereocenters. The van der Waals surface area contributed by atoms with Crippen LogP contribution in [0.15, 0.2) is 48.5 Å². The van der Waals surface area contributed by atoms with Crippen molar-refractivity contribution in [2.45, 2.75) is 25.4 Å². The van der Waals surface area contributed by atoms with Crippen molar-refractivity contribution in [3.05, 3.63) is 65.7 Å². The quantitative estimate of drug-likeness (QED) is 0.587. The molecule has 0 radical (unpaired) electrons. The van der Waals surface area contributed by atoms with Crippen molar-refractivity contribution in [1.29, 1.82) is 0 Å². The van der Waals surface area contributed by atoms with Gasteiger partial charge in [-0.25, -0.2) is 8.78 Å². The molecule has 0 saturated heterocycles. The third kappa shape index (κ3) is 5.22. The number of rotatable bonds is 8. The molecule has 1 aromatic heterocycles. The van der Waals surface area contributed by atoms with Gasteiger partial charge in [0.1, 0.15) is 6.04 Å². The summed E-state index contributed by atoms with van der Waals surface area (Å²) in [5.41, 5.74) is 0.980. The van der Waals surface area contributed by atoms with Crippen LogP contribution < -0.4 is 10.6 Å². The van der Waals surface area contributed by atoms with Crippen molar-refractivity contribution in [3.63, 3.8) is 0 Å². The van der Waals surface area contributed by atoms with Gasteiger partial charge in [0.25, 0.3) is 0 Å². The number of aromatic nitrogens is 4. The second-order valence-corrected chi connectivity index (χ2v) is 6.47. The molecule has 2 N–H and O–H groups in total. The topological polar surface area (TPSA) is 102 Å². The first kappa shape index (κ1) is 21.0. The van der Waals surface area contributed by atoms with Gasteiger partial charge in [-0.1, -0.05) is 36.4 Å². The molecule has 0 saturated carbocycles. The first-order valence-electron chi connectivity index (χ1n) is 9.27. The molecule has 10 heteroatoms. The van der Waals surface area contributed by atoms with Gasteiger partial charge in [0.05, 0.1) is 6.54 Å². The Kier molecular flexibility index (Phi) is 6.79. The molecule has 0 aliphatic carbocycles. The van der Waals surface area contributed by atoms with E-state index in [0.29, 0.717) is 18.8 Å². The van der Waals surface area contributed by atoms with Gasteiger partial charge in [0.15, 0.2) is 11.6 Å². The summed E-state index contributed by atoms with van der Waals surface area (Å²) in [6.07, 6.45) is 0.480. The highest BCUT2D eigenvalue weighted by molar-refractivity contribution is 5.88. The van der Waals surface area contributed by atoms with Crippen LogP contribution in [0.2, 0.25) is 0 Å². The average molecular weight is 414 g/mol. The Morgan fingerprint density at radius 3 is 2.57 bits per heavy atom. The molecular weight excluding hydrogens is 394 g/mol. The van der Waals surface area contributed by atoms with E-state index in [1.807, 2.05) is 30.3 Å². The van der Waals surface area contributed by atoms with Gasteiger partial charge in [-0.15, -0.1) is 10.2 Å². The second-order valence-electron chi connectivity index (χ2n) is 6.47. The van der Waals surface area contributed by atoms with E-state index in [9.17, 15) is 18.4 Å². The summed E-state index contributed by atoms with van der Waals surface area (Å²) in [6, 6.07) is 11.3. The number of halogens is 2. The summed E-state index contributed by atoms with van der Waals surface area (Å²) in [6.45, 7) is 0.350. The van der Waals surface area contributed by atoms with Gasteiger partial charge in [-0.3, -0.25) is 9.59 Å². The number of aryl methyl sites for hydroxylation is 1. The molecule has 3 aromatic rings. The average Bonchev–Trinajstić information content (AvgIpc) is 3.23. The molecule has 2 amide bonds. The summed E-state index contributed by atoms with van der Waals surface area (Å²) in [5, 5.41) is 17.2. The summed E-state index contributed by atoms with van der Waals surface area (Å²) in [7, 11) is 1.39. The van der Waals surface area contributed by atoms with Crippen molar-refractivity contribution < 1.29 is 18.4 Å². The lowest BCUT2D eigenvalue weighted by Crippen LogP contribution is -2.39. The lowest BCUT2D eigenvalue weighted by Gasteiger charge is -2.18. The summed E-state index contributed by atoms with van der Waals surface area (Å²) >= 11 is 0. The smallest absolute Gasteiger partial charge is 0.246 e. The van der Waals surface area contributed by atoms with Gasteiger partial charge in [0, 0.05) is 19.0 Å². The number of hydrogen-bond acceptors (Lipinski definition) is 5. The van der Waals surface area contributed by atoms with Crippen LogP contribution in [0.4, 0.5) is 8.78 Å². The molecule has 8 nitrogen and oxygen atoms in total. The van der Waals surface area contributed by atoms with Gasteiger partial charge in [-0.2, -0.15) is 4.80 Å². The fourth-order valence-corrected chi connectivity index (χ4v) is 2.79. The van der Waals surface area contributed by atoms with Gasteiger partial charge in [-0.05, 0) is 29.3 Å². The Balaban J connectivity index is 1.56. The van der Waals surface area contributed by atoms with Crippen LogP contribution in [-0.4, -0.2) is 39.1 Å². The van der Waals surface area contributed by atoms with Gasteiger partial charge >= 0.3 is 0 Å². The second kappa shape index (κ2) is 9.68. The predicted octanol–water partition coefficient (Wildman–Crippen LogP) is 2.00. The molecule has 0 aliphatic rings. The Morgan fingerprint density at radius 2 is 1.87 bits per heavy atom. The van der Waals surface area contributed by atoms with Crippen molar-refractivity contribution in [2.24, 2.45) is 0 Å². The van der Waals surface area contributed by atoms with E-state index in [1.54, 1.807) is 0 Å². The largest absolute Gasteiger partial charge is 0.357 e. The molecule has 1 heterocycles. The molecule has 3 rings (SSSR count). The number of hydrogen-bond donors (Lipinski definition) is 2. The number of nitrogens with one attached hydrogen (secondary N) is 2. The molecular formula is C20H20F2N6O2. The predicted molar refractivity (Wildman–Crippen MR) is 104 cm³/mol. The highest BCUT2D eigenvalue weighted by Crippen LogP contribution is 2.17. The van der Waals surface area contributed by atoms with E-state index in [0.717, 1.165) is 17.7 Å². The molecule has 30 heavy (non-hydrogen) atoms. The maximum Gasteiger partial charge on any atom is 0.246 e. The first-order chi connectivity index (χ1) is 14.5. The van der Waals surface area contributed by atoms with Crippen LogP contribution in [0, 0.1) is 11.6 Å². The van der Waals surface area contributed by atoms with Gasteiger partial charge in [0.2, 0.25) is 17.6 Å². The number of amides is 2. The van der Waals surface area contributed by atoms with E-state index < -0.39 is 29.5 Å². The Labute approximate surface area is 171 Å². The van der Waals surface area contributed by atoms with E-state index in [2.05, 4.69) is 26.0 Å². The molecule has 0 spiro atoms. The van der Waals surface area contributed by atoms with Crippen molar-refractivity contribution in [3.8, 4) is 11.4 Å². The Morgan fingerprint density at radius 1 is 1.10 bits per heavy atom. The summed E-state index contributed by atoms with van der Waals surface area (Å²) in [4.78, 5) is 25.8. The SMILES string of the molecule is CNC(=O)C(NC(=O)CCCn1nnc(-c2ccccc2)n1)c1ccc(F)c(F)c1. The number of nitrogens with zero attached hydrogens (tertiary/aromatic N) is 4. The number of carbonyl (C=O) groups is 2. The summed E-state index contributed by atoms with van der Waals surface area (Å²) < 4.78 is 26.7. The monoisotopic (exact) mass is 414 g/mol. The number of tetrazole rings is 1. The molecule has 156 valence electrons. The van der Waals surface area contributed by atoms with Crippen molar-refractivity contribution in [1.82, 2.24) is 30.8 Å². The minimum atomic E-state index is -1.13. The molecule has 0 bridgehead atoms. The van der Waals surface area contributed by atoms with Gasteiger partial charge < -0.3 is 10.6 Å². The molecule has 1 atom stereocenters. The Bertz CT molecular complexity index is 1030. The van der Waals surface area contributed by atoms with E-state index >= 15 is 0 Å². The van der Waals surface area contributed by atoms with Crippen LogP contribution in [-0.2, 0) is 16.1 Å². The zero-order chi connectivity index (χ0) is 21.5. The number of carbonyl (C=O) groups excluding carboxylic acids is 2. The fourth-order valence-electron chi connectivity index (χ4n) is 2.79. The van der Waals surface area contributed by atoms with Crippen LogP contribution >= 0.6 is 0 Å². The standard InChI is InChI=1S/C20H20F2N6O2/c1-23-20(30)18(14-9-10-15(21)16(22)12-14)24-17(29)8-5-11-28-26-19(25-27-28)13-6-3-2-4-7-13/h2-4,6-7,9-10,12,18H,5,8,11H2,1H3,(H,23,30)(H,24,29). The molecule has 0 aliphatic heterocycles. The molecule has 0 fully saturated rings. The maximum atomic E-state index is 13.5. The molecule has 2 aromatic carbocycles. The van der Waals surface area contributed by atoms with Crippen LogP contribution in [0.1, 0.15) is 24.4 Å². The van der Waals surface area contributed by atoms with Crippen molar-refractivity contribution in [2.75, 3.05) is 7.05 Å². The fraction of sp³-hybridized carbons (Fsp3) is 0.250. The highest BCUT2D eigenvalue weighted by Gasteiger charge is 2.23. The van der Waals surface area contributed by atoms with Crippen LogP contribution in [0.25, 0.3) is 11.4 Å². The lowest BCUT2D eigenvalue weighted by molar-refractivity contribution is -0.129. The third-order valence-corrected chi connectivity index (χ3v) is 4.34. The number of likely N-dealkylation sites (N-methyl/N-ethyl adjacent to an activating group) is 1.